The topological polar surface area (TPSA) is 72.9 Å². The molecule has 0 aromatic carbocycles. The number of anilines is 1. The molecule has 3 N–H and O–H groups in total. The molecule has 0 saturated heterocycles. The van der Waals surface area contributed by atoms with Gasteiger partial charge in [0, 0.05) is 22.9 Å². The van der Waals surface area contributed by atoms with E-state index in [1.54, 1.807) is 29.1 Å². The number of halogens is 1. The second-order valence-corrected chi connectivity index (χ2v) is 4.42. The molecule has 0 unspecified atom stereocenters. The maximum atomic E-state index is 11.6. The number of hydrazine groups is 1. The maximum absolute atomic E-state index is 11.6. The Hall–Kier alpha value is -1.66. The van der Waals surface area contributed by atoms with Gasteiger partial charge in [-0.05, 0) is 39.7 Å². The highest BCUT2D eigenvalue weighted by Gasteiger charge is 2.00. The van der Waals surface area contributed by atoms with E-state index in [2.05, 4.69) is 26.3 Å². The van der Waals surface area contributed by atoms with E-state index in [1.807, 2.05) is 6.07 Å². The van der Waals surface area contributed by atoms with Gasteiger partial charge in [-0.25, -0.2) is 10.8 Å². The first kappa shape index (κ1) is 11.8. The Labute approximate surface area is 106 Å². The van der Waals surface area contributed by atoms with Gasteiger partial charge in [-0.2, -0.15) is 0 Å². The molecule has 2 aromatic heterocycles. The van der Waals surface area contributed by atoms with Crippen molar-refractivity contribution in [1.82, 2.24) is 9.55 Å². The van der Waals surface area contributed by atoms with Crippen molar-refractivity contribution < 1.29 is 0 Å². The molecule has 0 atom stereocenters. The van der Waals surface area contributed by atoms with Crippen molar-refractivity contribution in [2.24, 2.45) is 5.84 Å². The van der Waals surface area contributed by atoms with E-state index in [4.69, 9.17) is 5.84 Å². The van der Waals surface area contributed by atoms with Crippen molar-refractivity contribution in [2.45, 2.75) is 6.54 Å². The van der Waals surface area contributed by atoms with Crippen LogP contribution in [0.1, 0.15) is 5.56 Å². The summed E-state index contributed by atoms with van der Waals surface area (Å²) in [7, 11) is 0. The monoisotopic (exact) mass is 294 g/mol. The minimum absolute atomic E-state index is 0.0488. The van der Waals surface area contributed by atoms with Crippen LogP contribution in [-0.2, 0) is 6.54 Å². The van der Waals surface area contributed by atoms with Crippen LogP contribution in [0.5, 0.6) is 0 Å². The molecule has 0 saturated carbocycles. The number of hydrogen-bond acceptors (Lipinski definition) is 4. The molecule has 0 spiro atoms. The van der Waals surface area contributed by atoms with Crippen LogP contribution in [0.3, 0.4) is 0 Å². The zero-order valence-electron chi connectivity index (χ0n) is 8.93. The third-order valence-electron chi connectivity index (χ3n) is 2.27. The average Bonchev–Trinajstić information content (AvgIpc) is 2.34. The van der Waals surface area contributed by atoms with E-state index in [9.17, 15) is 4.79 Å². The molecule has 88 valence electrons. The first-order valence-corrected chi connectivity index (χ1v) is 5.76. The summed E-state index contributed by atoms with van der Waals surface area (Å²) in [6.07, 6.45) is 3.39. The summed E-state index contributed by atoms with van der Waals surface area (Å²) < 4.78 is 2.48. The fraction of sp³-hybridized carbons (Fsp3) is 0.0909. The summed E-state index contributed by atoms with van der Waals surface area (Å²) in [6.45, 7) is 0.482. The number of nitrogens with two attached hydrogens (primary N) is 1. The fourth-order valence-electron chi connectivity index (χ4n) is 1.47. The fourth-order valence-corrected chi connectivity index (χ4v) is 1.85. The van der Waals surface area contributed by atoms with Crippen LogP contribution in [-0.4, -0.2) is 9.55 Å². The van der Waals surface area contributed by atoms with Crippen LogP contribution in [0.2, 0.25) is 0 Å². The van der Waals surface area contributed by atoms with Gasteiger partial charge in [-0.15, -0.1) is 0 Å². The first-order chi connectivity index (χ1) is 8.19. The van der Waals surface area contributed by atoms with Crippen LogP contribution in [0.25, 0.3) is 0 Å². The second kappa shape index (κ2) is 5.11. The Morgan fingerprint density at radius 3 is 3.00 bits per heavy atom. The lowest BCUT2D eigenvalue weighted by Crippen LogP contribution is -2.19. The minimum Gasteiger partial charge on any atom is -0.310 e. The number of pyridine rings is 2. The number of nitrogens with zero attached hydrogens (tertiary/aromatic N) is 2. The van der Waals surface area contributed by atoms with Crippen molar-refractivity contribution >= 4 is 21.7 Å². The Kier molecular flexibility index (Phi) is 3.55. The van der Waals surface area contributed by atoms with Gasteiger partial charge in [0.25, 0.3) is 5.56 Å². The molecule has 0 amide bonds. The van der Waals surface area contributed by atoms with Gasteiger partial charge in [0.1, 0.15) is 5.82 Å². The van der Waals surface area contributed by atoms with Crippen molar-refractivity contribution in [1.29, 1.82) is 0 Å². The highest BCUT2D eigenvalue weighted by atomic mass is 79.9. The van der Waals surface area contributed by atoms with Gasteiger partial charge >= 0.3 is 0 Å². The summed E-state index contributed by atoms with van der Waals surface area (Å²) >= 11 is 3.33. The van der Waals surface area contributed by atoms with Crippen molar-refractivity contribution in [3.63, 3.8) is 0 Å². The first-order valence-electron chi connectivity index (χ1n) is 4.96. The second-order valence-electron chi connectivity index (χ2n) is 3.51. The van der Waals surface area contributed by atoms with Crippen molar-refractivity contribution in [3.05, 3.63) is 57.0 Å². The molecule has 0 aliphatic rings. The highest BCUT2D eigenvalue weighted by Crippen LogP contribution is 2.09. The number of hydrogen-bond donors (Lipinski definition) is 2. The van der Waals surface area contributed by atoms with Gasteiger partial charge in [0.15, 0.2) is 0 Å². The number of rotatable bonds is 3. The molecule has 0 radical (unpaired) electrons. The van der Waals surface area contributed by atoms with Gasteiger partial charge in [-0.3, -0.25) is 4.79 Å². The van der Waals surface area contributed by atoms with Crippen molar-refractivity contribution in [3.8, 4) is 0 Å². The molecule has 0 aliphatic heterocycles. The summed E-state index contributed by atoms with van der Waals surface area (Å²) in [6, 6.07) is 6.88. The molecule has 6 heteroatoms. The third kappa shape index (κ3) is 2.92. The summed E-state index contributed by atoms with van der Waals surface area (Å²) in [4.78, 5) is 15.6. The molecular weight excluding hydrogens is 284 g/mol. The third-order valence-corrected chi connectivity index (χ3v) is 2.74. The van der Waals surface area contributed by atoms with Crippen LogP contribution < -0.4 is 16.8 Å². The predicted octanol–water partition coefficient (Wildman–Crippen LogP) is 1.34. The van der Waals surface area contributed by atoms with E-state index in [0.29, 0.717) is 12.4 Å². The molecule has 0 bridgehead atoms. The predicted molar refractivity (Wildman–Crippen MR) is 69.6 cm³/mol. The lowest BCUT2D eigenvalue weighted by Gasteiger charge is -2.07. The molecule has 2 rings (SSSR count). The zero-order valence-corrected chi connectivity index (χ0v) is 10.5. The Balaban J connectivity index is 2.31. The maximum Gasteiger partial charge on any atom is 0.250 e. The molecule has 0 fully saturated rings. The lowest BCUT2D eigenvalue weighted by atomic mass is 10.2. The molecule has 0 aliphatic carbocycles. The summed E-state index contributed by atoms with van der Waals surface area (Å²) in [5, 5.41) is 0. The largest absolute Gasteiger partial charge is 0.310 e. The summed E-state index contributed by atoms with van der Waals surface area (Å²) in [5.41, 5.74) is 3.37. The van der Waals surface area contributed by atoms with Gasteiger partial charge in [0.05, 0.1) is 6.54 Å². The van der Waals surface area contributed by atoms with Crippen LogP contribution in [0.15, 0.2) is 45.9 Å². The molecule has 17 heavy (non-hydrogen) atoms. The molecule has 2 aromatic rings. The number of aromatic nitrogens is 2. The molecular formula is C11H11BrN4O. The van der Waals surface area contributed by atoms with Crippen LogP contribution in [0, 0.1) is 0 Å². The van der Waals surface area contributed by atoms with E-state index < -0.39 is 0 Å². The van der Waals surface area contributed by atoms with E-state index in [1.165, 1.54) is 6.07 Å². The summed E-state index contributed by atoms with van der Waals surface area (Å²) in [5.74, 6) is 5.85. The minimum atomic E-state index is -0.0488. The highest BCUT2D eigenvalue weighted by molar-refractivity contribution is 9.10. The van der Waals surface area contributed by atoms with Crippen molar-refractivity contribution in [2.75, 3.05) is 5.43 Å². The Morgan fingerprint density at radius 1 is 1.41 bits per heavy atom. The lowest BCUT2D eigenvalue weighted by molar-refractivity contribution is 0.755. The molecule has 5 nitrogen and oxygen atoms in total. The smallest absolute Gasteiger partial charge is 0.250 e. The number of nitrogens with one attached hydrogen (secondary N) is 1. The SMILES string of the molecule is NNc1cc(Cn2cc(Br)ccc2=O)ccn1. The van der Waals surface area contributed by atoms with Crippen LogP contribution in [0.4, 0.5) is 5.82 Å². The van der Waals surface area contributed by atoms with E-state index in [-0.39, 0.29) is 5.56 Å². The number of nitrogen functional groups attached to an aromatic ring is 1. The van der Waals surface area contributed by atoms with Gasteiger partial charge in [-0.1, -0.05) is 0 Å². The zero-order chi connectivity index (χ0) is 12.3. The van der Waals surface area contributed by atoms with E-state index in [0.717, 1.165) is 10.0 Å². The van der Waals surface area contributed by atoms with Gasteiger partial charge in [0.2, 0.25) is 0 Å². The average molecular weight is 295 g/mol. The van der Waals surface area contributed by atoms with E-state index >= 15 is 0 Å². The Bertz CT molecular complexity index is 582. The quantitative estimate of drug-likeness (QED) is 0.662. The van der Waals surface area contributed by atoms with Crippen LogP contribution >= 0.6 is 15.9 Å². The Morgan fingerprint density at radius 2 is 2.24 bits per heavy atom. The standard InChI is InChI=1S/C11H11BrN4O/c12-9-1-2-11(17)16(7-9)6-8-3-4-14-10(5-8)15-13/h1-5,7H,6,13H2,(H,14,15). The molecule has 2 heterocycles. The van der Waals surface area contributed by atoms with Gasteiger partial charge < -0.3 is 9.99 Å². The normalized spacial score (nSPS) is 10.2.